The average molecular weight is 270 g/mol. The predicted molar refractivity (Wildman–Crippen MR) is 74.8 cm³/mol. The summed E-state index contributed by atoms with van der Waals surface area (Å²) in [6.45, 7) is 5.12. The van der Waals surface area contributed by atoms with Gasteiger partial charge in [-0.25, -0.2) is 0 Å². The quantitative estimate of drug-likeness (QED) is 0.647. The summed E-state index contributed by atoms with van der Waals surface area (Å²) in [7, 11) is -0.859. The molecule has 0 fully saturated rings. The van der Waals surface area contributed by atoms with Crippen LogP contribution in [-0.4, -0.2) is 29.5 Å². The average Bonchev–Trinajstić information content (AvgIpc) is 2.38. The Kier molecular flexibility index (Phi) is 7.89. The Morgan fingerprint density at radius 1 is 1.11 bits per heavy atom. The van der Waals surface area contributed by atoms with Gasteiger partial charge >= 0.3 is 0 Å². The fourth-order valence-corrected chi connectivity index (χ4v) is 2.81. The molecular formula is C14H22O3S. The van der Waals surface area contributed by atoms with Crippen molar-refractivity contribution in [3.8, 4) is 0 Å². The second kappa shape index (κ2) is 9.25. The number of ether oxygens (including phenoxy) is 2. The first-order valence-electron chi connectivity index (χ1n) is 6.38. The fourth-order valence-electron chi connectivity index (χ4n) is 1.65. The van der Waals surface area contributed by atoms with Crippen LogP contribution in [0.25, 0.3) is 0 Å². The minimum atomic E-state index is -0.859. The maximum Gasteiger partial charge on any atom is 0.158 e. The van der Waals surface area contributed by atoms with Crippen LogP contribution >= 0.6 is 0 Å². The van der Waals surface area contributed by atoms with Crippen LogP contribution in [0.5, 0.6) is 0 Å². The molecule has 0 aromatic heterocycles. The molecule has 0 spiro atoms. The standard InChI is InChI=1S/C14H22O3S/c1-3-16-14(17-4-2)10-11-18(15)12-13-8-6-5-7-9-13/h5-9,14H,3-4,10-12H2,1-2H3. The number of benzene rings is 1. The molecule has 0 bridgehead atoms. The summed E-state index contributed by atoms with van der Waals surface area (Å²) >= 11 is 0. The summed E-state index contributed by atoms with van der Waals surface area (Å²) in [4.78, 5) is 0. The molecule has 0 aliphatic rings. The van der Waals surface area contributed by atoms with E-state index in [1.165, 1.54) is 0 Å². The van der Waals surface area contributed by atoms with Crippen LogP contribution in [0.3, 0.4) is 0 Å². The highest BCUT2D eigenvalue weighted by molar-refractivity contribution is 7.84. The Balaban J connectivity index is 2.31. The van der Waals surface area contributed by atoms with Crippen LogP contribution in [0.4, 0.5) is 0 Å². The van der Waals surface area contributed by atoms with Gasteiger partial charge in [0, 0.05) is 41.9 Å². The van der Waals surface area contributed by atoms with Gasteiger partial charge in [0.2, 0.25) is 0 Å². The molecule has 1 atom stereocenters. The van der Waals surface area contributed by atoms with Gasteiger partial charge in [-0.3, -0.25) is 4.21 Å². The lowest BCUT2D eigenvalue weighted by atomic mass is 10.2. The number of hydrogen-bond donors (Lipinski definition) is 0. The monoisotopic (exact) mass is 270 g/mol. The van der Waals surface area contributed by atoms with Crippen molar-refractivity contribution in [3.63, 3.8) is 0 Å². The van der Waals surface area contributed by atoms with E-state index in [0.29, 0.717) is 31.1 Å². The smallest absolute Gasteiger partial charge is 0.158 e. The molecule has 0 heterocycles. The van der Waals surface area contributed by atoms with Crippen molar-refractivity contribution in [3.05, 3.63) is 35.9 Å². The molecule has 1 aromatic carbocycles. The highest BCUT2D eigenvalue weighted by atomic mass is 32.2. The first-order valence-corrected chi connectivity index (χ1v) is 7.87. The van der Waals surface area contributed by atoms with Crippen molar-refractivity contribution in [1.29, 1.82) is 0 Å². The largest absolute Gasteiger partial charge is 0.353 e. The molecule has 0 aliphatic heterocycles. The molecule has 3 nitrogen and oxygen atoms in total. The van der Waals surface area contributed by atoms with Gasteiger partial charge in [-0.2, -0.15) is 0 Å². The molecule has 1 aromatic rings. The minimum Gasteiger partial charge on any atom is -0.353 e. The second-order valence-corrected chi connectivity index (χ2v) is 5.48. The van der Waals surface area contributed by atoms with Crippen LogP contribution in [0.15, 0.2) is 30.3 Å². The molecular weight excluding hydrogens is 248 g/mol. The summed E-state index contributed by atoms with van der Waals surface area (Å²) in [6.07, 6.45) is 0.459. The third kappa shape index (κ3) is 6.28. The number of rotatable bonds is 9. The fraction of sp³-hybridized carbons (Fsp3) is 0.571. The Bertz CT molecular complexity index is 334. The summed E-state index contributed by atoms with van der Waals surface area (Å²) < 4.78 is 22.8. The van der Waals surface area contributed by atoms with Gasteiger partial charge in [0.1, 0.15) is 0 Å². The van der Waals surface area contributed by atoms with Gasteiger partial charge in [0.05, 0.1) is 0 Å². The molecule has 0 amide bonds. The zero-order valence-electron chi connectivity index (χ0n) is 11.1. The van der Waals surface area contributed by atoms with Crippen LogP contribution in [-0.2, 0) is 26.0 Å². The Morgan fingerprint density at radius 2 is 1.72 bits per heavy atom. The summed E-state index contributed by atoms with van der Waals surface area (Å²) in [5.74, 6) is 1.21. The van der Waals surface area contributed by atoms with Crippen molar-refractivity contribution in [1.82, 2.24) is 0 Å². The van der Waals surface area contributed by atoms with Gasteiger partial charge in [-0.15, -0.1) is 0 Å². The van der Waals surface area contributed by atoms with Crippen LogP contribution in [0, 0.1) is 0 Å². The maximum atomic E-state index is 11.9. The zero-order valence-corrected chi connectivity index (χ0v) is 11.9. The molecule has 1 rings (SSSR count). The van der Waals surface area contributed by atoms with Crippen LogP contribution in [0.1, 0.15) is 25.8 Å². The first-order chi connectivity index (χ1) is 8.76. The van der Waals surface area contributed by atoms with Gasteiger partial charge < -0.3 is 9.47 Å². The zero-order chi connectivity index (χ0) is 13.2. The van der Waals surface area contributed by atoms with Gasteiger partial charge in [0.25, 0.3) is 0 Å². The van der Waals surface area contributed by atoms with Gasteiger partial charge in [0.15, 0.2) is 6.29 Å². The molecule has 0 N–H and O–H groups in total. The lowest BCUT2D eigenvalue weighted by molar-refractivity contribution is -0.136. The van der Waals surface area contributed by atoms with E-state index in [1.54, 1.807) is 0 Å². The number of hydrogen-bond acceptors (Lipinski definition) is 3. The Hall–Kier alpha value is -0.710. The first kappa shape index (κ1) is 15.3. The molecule has 18 heavy (non-hydrogen) atoms. The summed E-state index contributed by atoms with van der Waals surface area (Å²) in [6, 6.07) is 9.90. The molecule has 102 valence electrons. The minimum absolute atomic E-state index is 0.222. The third-order valence-electron chi connectivity index (χ3n) is 2.46. The highest BCUT2D eigenvalue weighted by Gasteiger charge is 2.10. The van der Waals surface area contributed by atoms with Crippen molar-refractivity contribution in [2.75, 3.05) is 19.0 Å². The molecule has 0 aliphatic carbocycles. The Labute approximate surface area is 112 Å². The SMILES string of the molecule is CCOC(CCS(=O)Cc1ccccc1)OCC. The molecule has 1 unspecified atom stereocenters. The van der Waals surface area contributed by atoms with E-state index in [0.717, 1.165) is 5.56 Å². The van der Waals surface area contributed by atoms with E-state index >= 15 is 0 Å². The summed E-state index contributed by atoms with van der Waals surface area (Å²) in [5.41, 5.74) is 1.11. The summed E-state index contributed by atoms with van der Waals surface area (Å²) in [5, 5.41) is 0. The lowest BCUT2D eigenvalue weighted by Gasteiger charge is -2.16. The molecule has 0 saturated heterocycles. The molecule has 0 radical (unpaired) electrons. The van der Waals surface area contributed by atoms with E-state index in [-0.39, 0.29) is 6.29 Å². The maximum absolute atomic E-state index is 11.9. The third-order valence-corrected chi connectivity index (χ3v) is 3.80. The Morgan fingerprint density at radius 3 is 2.28 bits per heavy atom. The van der Waals surface area contributed by atoms with Crippen molar-refractivity contribution >= 4 is 10.8 Å². The van der Waals surface area contributed by atoms with Gasteiger partial charge in [-0.05, 0) is 19.4 Å². The van der Waals surface area contributed by atoms with Crippen LogP contribution in [0.2, 0.25) is 0 Å². The van der Waals surface area contributed by atoms with Crippen molar-refractivity contribution < 1.29 is 13.7 Å². The van der Waals surface area contributed by atoms with Crippen molar-refractivity contribution in [2.24, 2.45) is 0 Å². The topological polar surface area (TPSA) is 35.5 Å². The second-order valence-electron chi connectivity index (χ2n) is 3.90. The van der Waals surface area contributed by atoms with Crippen LogP contribution < -0.4 is 0 Å². The predicted octanol–water partition coefficient (Wildman–Crippen LogP) is 2.72. The lowest BCUT2D eigenvalue weighted by Crippen LogP contribution is -2.20. The van der Waals surface area contributed by atoms with E-state index in [9.17, 15) is 4.21 Å². The van der Waals surface area contributed by atoms with Crippen molar-refractivity contribution in [2.45, 2.75) is 32.3 Å². The van der Waals surface area contributed by atoms with E-state index in [2.05, 4.69) is 0 Å². The molecule has 0 saturated carbocycles. The normalized spacial score (nSPS) is 12.8. The molecule has 4 heteroatoms. The van der Waals surface area contributed by atoms with E-state index < -0.39 is 10.8 Å². The van der Waals surface area contributed by atoms with Gasteiger partial charge in [-0.1, -0.05) is 30.3 Å². The van der Waals surface area contributed by atoms with E-state index in [1.807, 2.05) is 44.2 Å². The highest BCUT2D eigenvalue weighted by Crippen LogP contribution is 2.07. The van der Waals surface area contributed by atoms with E-state index in [4.69, 9.17) is 9.47 Å².